The van der Waals surface area contributed by atoms with Gasteiger partial charge in [-0.1, -0.05) is 12.1 Å². The molecule has 0 atom stereocenters. The average Bonchev–Trinajstić information content (AvgIpc) is 3.02. The van der Waals surface area contributed by atoms with Gasteiger partial charge in [-0.2, -0.15) is 0 Å². The van der Waals surface area contributed by atoms with Crippen LogP contribution in [0.3, 0.4) is 0 Å². The maximum absolute atomic E-state index is 5.48. The van der Waals surface area contributed by atoms with Crippen LogP contribution in [0, 0.1) is 0 Å². The quantitative estimate of drug-likeness (QED) is 0.545. The molecule has 0 amide bonds. The molecule has 0 bridgehead atoms. The van der Waals surface area contributed by atoms with Gasteiger partial charge in [0.15, 0.2) is 11.5 Å². The first kappa shape index (κ1) is 21.1. The van der Waals surface area contributed by atoms with Gasteiger partial charge in [0.05, 0.1) is 36.4 Å². The van der Waals surface area contributed by atoms with E-state index in [2.05, 4.69) is 50.1 Å². The van der Waals surface area contributed by atoms with Gasteiger partial charge < -0.3 is 18.9 Å². The van der Waals surface area contributed by atoms with Gasteiger partial charge in [-0.15, -0.1) is 12.4 Å². The zero-order chi connectivity index (χ0) is 18.8. The summed E-state index contributed by atoms with van der Waals surface area (Å²) in [7, 11) is 9.33. The highest BCUT2D eigenvalue weighted by molar-refractivity contribution is 9.10. The summed E-state index contributed by atoms with van der Waals surface area (Å²) in [5.74, 6) is 1.33. The summed E-state index contributed by atoms with van der Waals surface area (Å²) < 4.78 is 13.8. The van der Waals surface area contributed by atoms with Crippen LogP contribution >= 0.6 is 28.3 Å². The van der Waals surface area contributed by atoms with Crippen molar-refractivity contribution < 1.29 is 9.47 Å². The van der Waals surface area contributed by atoms with Gasteiger partial charge in [0, 0.05) is 38.0 Å². The standard InChI is InChI=1S/C20H22BrN3O2.ClH/c1-23(2)15-8-6-13(7-9-15)19-18(22-12-24(19)3)14-10-16(21)20(26-5)17(11-14)25-4;/h6-12H,1-5H3;1H. The van der Waals surface area contributed by atoms with E-state index in [0.717, 1.165) is 32.7 Å². The second kappa shape index (κ2) is 8.67. The van der Waals surface area contributed by atoms with E-state index in [9.17, 15) is 0 Å². The molecule has 1 aromatic heterocycles. The number of aryl methyl sites for hydroxylation is 1. The number of benzene rings is 2. The van der Waals surface area contributed by atoms with Crippen LogP contribution in [0.2, 0.25) is 0 Å². The van der Waals surface area contributed by atoms with Crippen LogP contribution in [0.25, 0.3) is 22.5 Å². The Kier molecular flexibility index (Phi) is 6.78. The van der Waals surface area contributed by atoms with Crippen LogP contribution in [-0.2, 0) is 7.05 Å². The van der Waals surface area contributed by atoms with Crippen molar-refractivity contribution in [3.05, 3.63) is 47.2 Å². The van der Waals surface area contributed by atoms with Crippen molar-refractivity contribution in [2.75, 3.05) is 33.2 Å². The van der Waals surface area contributed by atoms with E-state index < -0.39 is 0 Å². The smallest absolute Gasteiger partial charge is 0.174 e. The predicted molar refractivity (Wildman–Crippen MR) is 116 cm³/mol. The molecule has 0 N–H and O–H groups in total. The minimum Gasteiger partial charge on any atom is -0.493 e. The molecule has 0 fully saturated rings. The Morgan fingerprint density at radius 3 is 2.22 bits per heavy atom. The summed E-state index contributed by atoms with van der Waals surface area (Å²) in [4.78, 5) is 6.71. The number of ether oxygens (including phenoxy) is 2. The van der Waals surface area contributed by atoms with E-state index >= 15 is 0 Å². The molecule has 0 radical (unpaired) electrons. The highest BCUT2D eigenvalue weighted by Gasteiger charge is 2.18. The van der Waals surface area contributed by atoms with Crippen molar-refractivity contribution >= 4 is 34.0 Å². The number of nitrogens with zero attached hydrogens (tertiary/aromatic N) is 3. The summed E-state index contributed by atoms with van der Waals surface area (Å²) in [5, 5.41) is 0. The number of hydrogen-bond acceptors (Lipinski definition) is 4. The van der Waals surface area contributed by atoms with Crippen LogP contribution in [0.4, 0.5) is 5.69 Å². The molecule has 1 heterocycles. The molecule has 0 spiro atoms. The van der Waals surface area contributed by atoms with Gasteiger partial charge in [0.2, 0.25) is 0 Å². The normalized spacial score (nSPS) is 10.3. The Bertz CT molecular complexity index is 924. The lowest BCUT2D eigenvalue weighted by atomic mass is 10.0. The Balaban J connectivity index is 0.00000261. The van der Waals surface area contributed by atoms with Gasteiger partial charge in [-0.25, -0.2) is 4.98 Å². The first-order valence-electron chi connectivity index (χ1n) is 8.17. The monoisotopic (exact) mass is 451 g/mol. The Morgan fingerprint density at radius 2 is 1.67 bits per heavy atom. The van der Waals surface area contributed by atoms with E-state index in [1.54, 1.807) is 14.2 Å². The van der Waals surface area contributed by atoms with Crippen molar-refractivity contribution in [2.45, 2.75) is 0 Å². The van der Waals surface area contributed by atoms with Gasteiger partial charge in [-0.05, 0) is 40.2 Å². The molecule has 144 valence electrons. The van der Waals surface area contributed by atoms with Crippen molar-refractivity contribution in [1.29, 1.82) is 0 Å². The first-order chi connectivity index (χ1) is 12.5. The summed E-state index contributed by atoms with van der Waals surface area (Å²) >= 11 is 3.56. The molecule has 27 heavy (non-hydrogen) atoms. The number of halogens is 2. The number of rotatable bonds is 5. The van der Waals surface area contributed by atoms with E-state index in [0.29, 0.717) is 11.5 Å². The van der Waals surface area contributed by atoms with Gasteiger partial charge in [0.1, 0.15) is 0 Å². The highest BCUT2D eigenvalue weighted by Crippen LogP contribution is 2.41. The molecule has 2 aromatic carbocycles. The van der Waals surface area contributed by atoms with Crippen molar-refractivity contribution in [2.24, 2.45) is 7.05 Å². The highest BCUT2D eigenvalue weighted by atomic mass is 79.9. The second-order valence-electron chi connectivity index (χ2n) is 6.19. The number of imidazole rings is 1. The molecular weight excluding hydrogens is 430 g/mol. The fourth-order valence-corrected chi connectivity index (χ4v) is 3.56. The molecular formula is C20H23BrClN3O2. The van der Waals surface area contributed by atoms with Gasteiger partial charge >= 0.3 is 0 Å². The van der Waals surface area contributed by atoms with E-state index in [1.165, 1.54) is 0 Å². The van der Waals surface area contributed by atoms with E-state index in [1.807, 2.05) is 44.2 Å². The zero-order valence-corrected chi connectivity index (χ0v) is 18.4. The first-order valence-corrected chi connectivity index (χ1v) is 8.96. The third-order valence-corrected chi connectivity index (χ3v) is 4.89. The van der Waals surface area contributed by atoms with Crippen LogP contribution in [0.5, 0.6) is 11.5 Å². The Labute approximate surface area is 174 Å². The van der Waals surface area contributed by atoms with Gasteiger partial charge in [0.25, 0.3) is 0 Å². The molecule has 0 unspecified atom stereocenters. The molecule has 0 saturated carbocycles. The molecule has 3 rings (SSSR count). The van der Waals surface area contributed by atoms with Gasteiger partial charge in [-0.3, -0.25) is 0 Å². The number of anilines is 1. The molecule has 0 aliphatic rings. The SMILES string of the molecule is COc1cc(-c2ncn(C)c2-c2ccc(N(C)C)cc2)cc(Br)c1OC.Cl. The zero-order valence-electron chi connectivity index (χ0n) is 16.0. The fraction of sp³-hybridized carbons (Fsp3) is 0.250. The van der Waals surface area contributed by atoms with Crippen molar-refractivity contribution in [1.82, 2.24) is 9.55 Å². The fourth-order valence-electron chi connectivity index (χ4n) is 2.95. The lowest BCUT2D eigenvalue weighted by Gasteiger charge is -2.14. The van der Waals surface area contributed by atoms with E-state index in [4.69, 9.17) is 9.47 Å². The molecule has 0 aliphatic heterocycles. The predicted octanol–water partition coefficient (Wildman–Crippen LogP) is 5.02. The topological polar surface area (TPSA) is 39.5 Å². The Hall–Kier alpha value is -2.18. The minimum absolute atomic E-state index is 0. The lowest BCUT2D eigenvalue weighted by molar-refractivity contribution is 0.353. The maximum atomic E-state index is 5.48. The molecule has 5 nitrogen and oxygen atoms in total. The lowest BCUT2D eigenvalue weighted by Crippen LogP contribution is -2.08. The summed E-state index contributed by atoms with van der Waals surface area (Å²) in [6.07, 6.45) is 1.83. The van der Waals surface area contributed by atoms with E-state index in [-0.39, 0.29) is 12.4 Å². The third kappa shape index (κ3) is 4.06. The van der Waals surface area contributed by atoms with Crippen LogP contribution in [-0.4, -0.2) is 37.9 Å². The van der Waals surface area contributed by atoms with Crippen LogP contribution < -0.4 is 14.4 Å². The molecule has 0 saturated heterocycles. The largest absolute Gasteiger partial charge is 0.493 e. The molecule has 7 heteroatoms. The Morgan fingerprint density at radius 1 is 1.00 bits per heavy atom. The summed E-state index contributed by atoms with van der Waals surface area (Å²) in [5.41, 5.74) is 5.17. The number of aromatic nitrogens is 2. The number of hydrogen-bond donors (Lipinski definition) is 0. The van der Waals surface area contributed by atoms with Crippen LogP contribution in [0.1, 0.15) is 0 Å². The maximum Gasteiger partial charge on any atom is 0.174 e. The summed E-state index contributed by atoms with van der Waals surface area (Å²) in [6, 6.07) is 12.4. The van der Waals surface area contributed by atoms with Crippen molar-refractivity contribution in [3.63, 3.8) is 0 Å². The third-order valence-electron chi connectivity index (χ3n) is 4.30. The minimum atomic E-state index is 0. The summed E-state index contributed by atoms with van der Waals surface area (Å²) in [6.45, 7) is 0. The van der Waals surface area contributed by atoms with Crippen LogP contribution in [0.15, 0.2) is 47.2 Å². The number of methoxy groups -OCH3 is 2. The van der Waals surface area contributed by atoms with Crippen molar-refractivity contribution in [3.8, 4) is 34.0 Å². The molecule has 0 aliphatic carbocycles. The molecule has 3 aromatic rings. The second-order valence-corrected chi connectivity index (χ2v) is 7.04. The average molecular weight is 453 g/mol.